The van der Waals surface area contributed by atoms with Crippen molar-refractivity contribution in [3.63, 3.8) is 0 Å². The Labute approximate surface area is 203 Å². The predicted octanol–water partition coefficient (Wildman–Crippen LogP) is 6.72. The number of hydrogen-bond donors (Lipinski definition) is 3. The molecule has 0 aliphatic carbocycles. The summed E-state index contributed by atoms with van der Waals surface area (Å²) in [6, 6.07) is -0.657. The molecule has 0 heterocycles. The van der Waals surface area contributed by atoms with E-state index in [9.17, 15) is 15.0 Å². The maximum atomic E-state index is 12.1. The van der Waals surface area contributed by atoms with Gasteiger partial charge in [-0.25, -0.2) is 0 Å². The molecule has 1 amide bonds. The number of aliphatic hydroxyl groups is 2. The van der Waals surface area contributed by atoms with Gasteiger partial charge in [0.15, 0.2) is 0 Å². The summed E-state index contributed by atoms with van der Waals surface area (Å²) >= 11 is 0. The third kappa shape index (κ3) is 21.7. The van der Waals surface area contributed by atoms with Gasteiger partial charge in [0, 0.05) is 6.42 Å². The Bertz CT molecular complexity index is 590. The van der Waals surface area contributed by atoms with Crippen molar-refractivity contribution in [1.29, 1.82) is 0 Å². The fraction of sp³-hybridized carbons (Fsp3) is 0.621. The Balaban J connectivity index is 3.93. The minimum Gasteiger partial charge on any atom is -0.394 e. The molecule has 2 atom stereocenters. The minimum atomic E-state index is -0.864. The molecule has 2 unspecified atom stereocenters. The molecule has 33 heavy (non-hydrogen) atoms. The summed E-state index contributed by atoms with van der Waals surface area (Å²) in [5.41, 5.74) is 0. The number of hydrogen-bond acceptors (Lipinski definition) is 3. The van der Waals surface area contributed by atoms with Crippen LogP contribution in [0.4, 0.5) is 0 Å². The van der Waals surface area contributed by atoms with Crippen molar-refractivity contribution in [2.24, 2.45) is 0 Å². The van der Waals surface area contributed by atoms with Gasteiger partial charge in [-0.15, -0.1) is 0 Å². The van der Waals surface area contributed by atoms with Crippen molar-refractivity contribution in [2.75, 3.05) is 6.61 Å². The van der Waals surface area contributed by atoms with Crippen molar-refractivity contribution in [3.05, 3.63) is 60.8 Å². The molecule has 0 aromatic rings. The van der Waals surface area contributed by atoms with Crippen LogP contribution in [0.2, 0.25) is 0 Å². The lowest BCUT2D eigenvalue weighted by Gasteiger charge is -2.19. The number of nitrogens with one attached hydrogen (secondary N) is 1. The minimum absolute atomic E-state index is 0.153. The zero-order valence-electron chi connectivity index (χ0n) is 21.1. The quantitative estimate of drug-likeness (QED) is 0.132. The Morgan fingerprint density at radius 2 is 1.33 bits per heavy atom. The summed E-state index contributed by atoms with van der Waals surface area (Å²) in [6.45, 7) is 4.07. The van der Waals surface area contributed by atoms with E-state index in [0.717, 1.165) is 38.5 Å². The zero-order chi connectivity index (χ0) is 24.4. The highest BCUT2D eigenvalue weighted by molar-refractivity contribution is 5.76. The van der Waals surface area contributed by atoms with Crippen molar-refractivity contribution >= 4 is 5.91 Å². The number of unbranched alkanes of at least 4 members (excludes halogenated alkanes) is 6. The third-order valence-corrected chi connectivity index (χ3v) is 5.27. The lowest BCUT2D eigenvalue weighted by atomic mass is 10.1. The van der Waals surface area contributed by atoms with Crippen LogP contribution in [0.25, 0.3) is 0 Å². The molecule has 0 saturated carbocycles. The smallest absolute Gasteiger partial charge is 0.220 e. The topological polar surface area (TPSA) is 69.6 Å². The molecule has 0 fully saturated rings. The summed E-state index contributed by atoms with van der Waals surface area (Å²) in [6.07, 6.45) is 33.0. The lowest BCUT2D eigenvalue weighted by Crippen LogP contribution is -2.45. The number of aliphatic hydroxyl groups excluding tert-OH is 2. The third-order valence-electron chi connectivity index (χ3n) is 5.27. The molecular formula is C29H49NO3. The summed E-state index contributed by atoms with van der Waals surface area (Å²) in [7, 11) is 0. The molecule has 0 aromatic carbocycles. The zero-order valence-corrected chi connectivity index (χ0v) is 21.1. The largest absolute Gasteiger partial charge is 0.394 e. The highest BCUT2D eigenvalue weighted by Gasteiger charge is 2.17. The van der Waals surface area contributed by atoms with E-state index in [2.05, 4.69) is 61.7 Å². The predicted molar refractivity (Wildman–Crippen MR) is 142 cm³/mol. The summed E-state index contributed by atoms with van der Waals surface area (Å²) in [5, 5.41) is 22.5. The molecule has 4 heteroatoms. The molecule has 4 nitrogen and oxygen atoms in total. The van der Waals surface area contributed by atoms with E-state index >= 15 is 0 Å². The molecule has 0 bridgehead atoms. The van der Waals surface area contributed by atoms with Gasteiger partial charge >= 0.3 is 0 Å². The van der Waals surface area contributed by atoms with Crippen LogP contribution < -0.4 is 5.32 Å². The molecule has 0 rings (SSSR count). The average Bonchev–Trinajstić information content (AvgIpc) is 2.82. The van der Waals surface area contributed by atoms with Gasteiger partial charge in [0.2, 0.25) is 5.91 Å². The Hall–Kier alpha value is -1.91. The van der Waals surface area contributed by atoms with Crippen LogP contribution in [0.15, 0.2) is 60.8 Å². The van der Waals surface area contributed by atoms with Crippen molar-refractivity contribution in [2.45, 2.75) is 109 Å². The molecule has 3 N–H and O–H groups in total. The molecule has 0 radical (unpaired) electrons. The molecule has 0 saturated heterocycles. The SMILES string of the molecule is CC/C=C\C/C=C\C/C=C\C/C=C\CCC(=O)NC(CO)C(O)/C=C/CCCCCCCC. The second kappa shape index (κ2) is 24.7. The summed E-state index contributed by atoms with van der Waals surface area (Å²) < 4.78 is 0. The number of carbonyl (C=O) groups is 1. The number of rotatable bonds is 21. The van der Waals surface area contributed by atoms with E-state index in [1.807, 2.05) is 12.2 Å². The highest BCUT2D eigenvalue weighted by atomic mass is 16.3. The van der Waals surface area contributed by atoms with Crippen LogP contribution in [-0.4, -0.2) is 34.9 Å². The number of allylic oxidation sites excluding steroid dienone is 9. The van der Waals surface area contributed by atoms with Crippen LogP contribution >= 0.6 is 0 Å². The van der Waals surface area contributed by atoms with Crippen LogP contribution in [0, 0.1) is 0 Å². The first kappa shape index (κ1) is 31.1. The van der Waals surface area contributed by atoms with E-state index in [0.29, 0.717) is 12.8 Å². The molecule has 188 valence electrons. The van der Waals surface area contributed by atoms with Gasteiger partial charge < -0.3 is 15.5 Å². The Morgan fingerprint density at radius 1 is 0.758 bits per heavy atom. The van der Waals surface area contributed by atoms with Crippen LogP contribution in [-0.2, 0) is 4.79 Å². The molecule has 0 aliphatic rings. The van der Waals surface area contributed by atoms with Gasteiger partial charge in [-0.1, -0.05) is 107 Å². The molecular weight excluding hydrogens is 410 g/mol. The molecule has 0 aromatic heterocycles. The second-order valence-electron chi connectivity index (χ2n) is 8.37. The maximum absolute atomic E-state index is 12.1. The first-order valence-corrected chi connectivity index (χ1v) is 13.0. The van der Waals surface area contributed by atoms with E-state index < -0.39 is 12.1 Å². The van der Waals surface area contributed by atoms with Gasteiger partial charge in [-0.2, -0.15) is 0 Å². The fourth-order valence-electron chi connectivity index (χ4n) is 3.24. The van der Waals surface area contributed by atoms with Gasteiger partial charge in [-0.05, 0) is 44.9 Å². The summed E-state index contributed by atoms with van der Waals surface area (Å²) in [4.78, 5) is 12.1. The van der Waals surface area contributed by atoms with Gasteiger partial charge in [0.25, 0.3) is 0 Å². The number of amides is 1. The highest BCUT2D eigenvalue weighted by Crippen LogP contribution is 2.08. The number of carbonyl (C=O) groups excluding carboxylic acids is 1. The van der Waals surface area contributed by atoms with Crippen molar-refractivity contribution < 1.29 is 15.0 Å². The molecule has 0 spiro atoms. The normalized spacial score (nSPS) is 14.4. The van der Waals surface area contributed by atoms with E-state index in [4.69, 9.17) is 0 Å². The lowest BCUT2D eigenvalue weighted by molar-refractivity contribution is -0.122. The van der Waals surface area contributed by atoms with Crippen molar-refractivity contribution in [1.82, 2.24) is 5.32 Å². The monoisotopic (exact) mass is 459 g/mol. The van der Waals surface area contributed by atoms with Crippen LogP contribution in [0.1, 0.15) is 97.3 Å². The Kier molecular flexibility index (Phi) is 23.3. The van der Waals surface area contributed by atoms with Gasteiger partial charge in [-0.3, -0.25) is 4.79 Å². The van der Waals surface area contributed by atoms with E-state index in [1.54, 1.807) is 6.08 Å². The average molecular weight is 460 g/mol. The molecule has 0 aliphatic heterocycles. The van der Waals surface area contributed by atoms with Crippen LogP contribution in [0.3, 0.4) is 0 Å². The van der Waals surface area contributed by atoms with E-state index in [1.165, 1.54) is 32.1 Å². The van der Waals surface area contributed by atoms with Gasteiger partial charge in [0.1, 0.15) is 0 Å². The first-order chi connectivity index (χ1) is 16.2. The summed E-state index contributed by atoms with van der Waals surface area (Å²) in [5.74, 6) is -0.153. The van der Waals surface area contributed by atoms with E-state index in [-0.39, 0.29) is 12.5 Å². The van der Waals surface area contributed by atoms with Gasteiger partial charge in [0.05, 0.1) is 18.8 Å². The van der Waals surface area contributed by atoms with Crippen molar-refractivity contribution in [3.8, 4) is 0 Å². The van der Waals surface area contributed by atoms with Crippen LogP contribution in [0.5, 0.6) is 0 Å². The fourth-order valence-corrected chi connectivity index (χ4v) is 3.24. The first-order valence-electron chi connectivity index (χ1n) is 13.0. The maximum Gasteiger partial charge on any atom is 0.220 e. The second-order valence-corrected chi connectivity index (χ2v) is 8.37. The standard InChI is InChI=1S/C29H49NO3/c1-3-5-7-9-11-13-14-15-16-17-19-21-23-25-29(33)30-27(26-31)28(32)24-22-20-18-12-10-8-6-4-2/h5,7,11,13,15-16,19,21-22,24,27-28,31-32H,3-4,6,8-10,12,14,17-18,20,23,25-26H2,1-2H3,(H,30,33)/b7-5-,13-11-,16-15-,21-19-,24-22+. The Morgan fingerprint density at radius 3 is 1.94 bits per heavy atom.